The summed E-state index contributed by atoms with van der Waals surface area (Å²) in [5, 5.41) is 32.4. The lowest BCUT2D eigenvalue weighted by Gasteiger charge is -2.05. The van der Waals surface area contributed by atoms with E-state index in [1.807, 2.05) is 12.1 Å². The molecule has 0 atom stereocenters. The van der Waals surface area contributed by atoms with Crippen LogP contribution < -0.4 is 5.73 Å². The van der Waals surface area contributed by atoms with Gasteiger partial charge in [0.25, 0.3) is 0 Å². The molecule has 2 N–H and O–H groups in total. The molecule has 0 saturated carbocycles. The fourth-order valence-electron chi connectivity index (χ4n) is 2.24. The van der Waals surface area contributed by atoms with Crippen LogP contribution in [0.5, 0.6) is 0 Å². The maximum absolute atomic E-state index is 8.84. The van der Waals surface area contributed by atoms with E-state index < -0.39 is 0 Å². The zero-order valence-electron chi connectivity index (χ0n) is 14.2. The van der Waals surface area contributed by atoms with Gasteiger partial charge < -0.3 is 5.73 Å². The molecule has 0 aliphatic rings. The minimum absolute atomic E-state index is 0.386. The predicted octanol–water partition coefficient (Wildman–Crippen LogP) is 1.96. The number of halogens is 2. The second-order valence-electron chi connectivity index (χ2n) is 5.20. The van der Waals surface area contributed by atoms with Crippen molar-refractivity contribution in [3.63, 3.8) is 0 Å². The minimum Gasteiger partial charge on any atom is -0.326 e. The van der Waals surface area contributed by atoms with E-state index in [1.165, 1.54) is 22.2 Å². The number of nitriles is 1. The first kappa shape index (κ1) is 19.4. The number of rotatable bonds is 3. The number of nitrogens with zero attached hydrogens (tertiary/aromatic N) is 9. The summed E-state index contributed by atoms with van der Waals surface area (Å²) in [5.74, 6) is 0. The molecule has 10 nitrogen and oxygen atoms in total. The van der Waals surface area contributed by atoms with E-state index in [0.29, 0.717) is 27.8 Å². The molecule has 2 heterocycles. The van der Waals surface area contributed by atoms with Crippen LogP contribution in [0.4, 0.5) is 0 Å². The highest BCUT2D eigenvalue weighted by atomic mass is 35.5. The molecular formula is C16H12Cl2N10. The first-order valence-electron chi connectivity index (χ1n) is 7.77. The van der Waals surface area contributed by atoms with Crippen LogP contribution in [0.3, 0.4) is 0 Å². The van der Waals surface area contributed by atoms with Gasteiger partial charge in [0.2, 0.25) is 0 Å². The molecule has 0 aliphatic carbocycles. The first-order chi connectivity index (χ1) is 13.6. The summed E-state index contributed by atoms with van der Waals surface area (Å²) >= 11 is 11.6. The molecule has 0 radical (unpaired) electrons. The molecule has 2 aromatic heterocycles. The summed E-state index contributed by atoms with van der Waals surface area (Å²) in [6.45, 7) is 0.386. The number of aromatic nitrogens is 8. The fraction of sp³-hybridized carbons (Fsp3) is 0.0625. The molecule has 0 bridgehead atoms. The number of hydrogen-bond acceptors (Lipinski definition) is 8. The van der Waals surface area contributed by atoms with Gasteiger partial charge in [-0.05, 0) is 52.4 Å². The zero-order chi connectivity index (χ0) is 19.9. The lowest BCUT2D eigenvalue weighted by Crippen LogP contribution is -2.06. The van der Waals surface area contributed by atoms with Gasteiger partial charge in [0.05, 0.1) is 11.3 Å². The van der Waals surface area contributed by atoms with Crippen LogP contribution in [0, 0.1) is 11.3 Å². The summed E-state index contributed by atoms with van der Waals surface area (Å²) in [5.41, 5.74) is 8.24. The summed E-state index contributed by atoms with van der Waals surface area (Å²) < 4.78 is 0. The highest BCUT2D eigenvalue weighted by molar-refractivity contribution is 6.31. The summed E-state index contributed by atoms with van der Waals surface area (Å²) in [4.78, 5) is 2.69. The van der Waals surface area contributed by atoms with Crippen molar-refractivity contribution in [3.8, 4) is 17.4 Å². The quantitative estimate of drug-likeness (QED) is 0.536. The SMILES string of the molecule is N#Cc1cc(Cl)ccc1-n1ncnn1.NCc1cc(Cl)ccc1-n1ncnn1. The molecule has 0 fully saturated rings. The van der Waals surface area contributed by atoms with Gasteiger partial charge in [0, 0.05) is 16.6 Å². The number of benzene rings is 2. The van der Waals surface area contributed by atoms with Gasteiger partial charge in [-0.25, -0.2) is 0 Å². The molecule has 2 aromatic carbocycles. The highest BCUT2D eigenvalue weighted by Gasteiger charge is 2.06. The van der Waals surface area contributed by atoms with E-state index in [-0.39, 0.29) is 0 Å². The lowest BCUT2D eigenvalue weighted by molar-refractivity contribution is 0.711. The van der Waals surface area contributed by atoms with Crippen molar-refractivity contribution in [2.75, 3.05) is 0 Å². The van der Waals surface area contributed by atoms with Crippen LogP contribution in [0.15, 0.2) is 49.1 Å². The summed E-state index contributed by atoms with van der Waals surface area (Å²) in [7, 11) is 0. The van der Waals surface area contributed by atoms with Crippen molar-refractivity contribution in [1.29, 1.82) is 5.26 Å². The molecule has 0 spiro atoms. The Balaban J connectivity index is 0.000000161. The molecule has 0 aliphatic heterocycles. The van der Waals surface area contributed by atoms with Crippen LogP contribution in [0.25, 0.3) is 11.4 Å². The third-order valence-electron chi connectivity index (χ3n) is 3.47. The van der Waals surface area contributed by atoms with Crippen LogP contribution in [-0.2, 0) is 6.54 Å². The molecule has 140 valence electrons. The smallest absolute Gasteiger partial charge is 0.162 e. The van der Waals surface area contributed by atoms with E-state index in [1.54, 1.807) is 30.3 Å². The van der Waals surface area contributed by atoms with Crippen molar-refractivity contribution in [2.45, 2.75) is 6.54 Å². The molecule has 28 heavy (non-hydrogen) atoms. The Labute approximate surface area is 169 Å². The van der Waals surface area contributed by atoms with Gasteiger partial charge in [0.15, 0.2) is 12.7 Å². The minimum atomic E-state index is 0.386. The Morgan fingerprint density at radius 2 is 1.46 bits per heavy atom. The van der Waals surface area contributed by atoms with Gasteiger partial charge in [-0.1, -0.05) is 23.2 Å². The monoisotopic (exact) mass is 414 g/mol. The van der Waals surface area contributed by atoms with Crippen molar-refractivity contribution >= 4 is 23.2 Å². The second-order valence-corrected chi connectivity index (χ2v) is 6.07. The summed E-state index contributed by atoms with van der Waals surface area (Å²) in [6.07, 6.45) is 2.67. The molecular weight excluding hydrogens is 403 g/mol. The first-order valence-corrected chi connectivity index (χ1v) is 8.53. The van der Waals surface area contributed by atoms with Crippen molar-refractivity contribution in [3.05, 3.63) is 70.2 Å². The normalized spacial score (nSPS) is 10.1. The average molecular weight is 415 g/mol. The second kappa shape index (κ2) is 9.01. The Kier molecular flexibility index (Phi) is 6.23. The largest absolute Gasteiger partial charge is 0.326 e. The molecule has 0 unspecified atom stereocenters. The Morgan fingerprint density at radius 1 is 0.893 bits per heavy atom. The standard InChI is InChI=1S/C8H8ClN5.C8H4ClN5/c2*9-7-1-2-8(6(3-7)4-10)14-12-5-11-13-14/h1-3,5H,4,10H2;1-3,5H. The van der Waals surface area contributed by atoms with E-state index in [0.717, 1.165) is 11.3 Å². The number of nitrogens with two attached hydrogens (primary N) is 1. The van der Waals surface area contributed by atoms with Gasteiger partial charge in [-0.2, -0.15) is 5.26 Å². The van der Waals surface area contributed by atoms with E-state index in [4.69, 9.17) is 34.2 Å². The summed E-state index contributed by atoms with van der Waals surface area (Å²) in [6, 6.07) is 12.3. The van der Waals surface area contributed by atoms with E-state index in [2.05, 4.69) is 30.8 Å². The fourth-order valence-corrected chi connectivity index (χ4v) is 2.61. The average Bonchev–Trinajstić information content (AvgIpc) is 3.42. The number of hydrogen-bond donors (Lipinski definition) is 1. The third kappa shape index (κ3) is 4.47. The van der Waals surface area contributed by atoms with Gasteiger partial charge in [0.1, 0.15) is 11.8 Å². The van der Waals surface area contributed by atoms with Gasteiger partial charge in [-0.15, -0.1) is 30.0 Å². The zero-order valence-corrected chi connectivity index (χ0v) is 15.7. The molecule has 0 amide bonds. The van der Waals surface area contributed by atoms with E-state index in [9.17, 15) is 0 Å². The topological polar surface area (TPSA) is 137 Å². The van der Waals surface area contributed by atoms with Gasteiger partial charge >= 0.3 is 0 Å². The molecule has 0 saturated heterocycles. The van der Waals surface area contributed by atoms with Crippen LogP contribution in [-0.4, -0.2) is 40.4 Å². The van der Waals surface area contributed by atoms with Crippen molar-refractivity contribution < 1.29 is 0 Å². The Hall–Kier alpha value is -3.39. The lowest BCUT2D eigenvalue weighted by atomic mass is 10.2. The maximum atomic E-state index is 8.84. The molecule has 4 aromatic rings. The Bertz CT molecular complexity index is 1090. The van der Waals surface area contributed by atoms with Crippen LogP contribution >= 0.6 is 23.2 Å². The number of tetrazole rings is 2. The maximum Gasteiger partial charge on any atom is 0.162 e. The van der Waals surface area contributed by atoms with Crippen molar-refractivity contribution in [2.24, 2.45) is 5.73 Å². The molecule has 12 heteroatoms. The highest BCUT2D eigenvalue weighted by Crippen LogP contribution is 2.18. The third-order valence-corrected chi connectivity index (χ3v) is 3.94. The van der Waals surface area contributed by atoms with E-state index >= 15 is 0 Å². The van der Waals surface area contributed by atoms with Crippen LogP contribution in [0.1, 0.15) is 11.1 Å². The van der Waals surface area contributed by atoms with Gasteiger partial charge in [-0.3, -0.25) is 0 Å². The molecule has 4 rings (SSSR count). The van der Waals surface area contributed by atoms with Crippen LogP contribution in [0.2, 0.25) is 10.0 Å². The Morgan fingerprint density at radius 3 is 2.00 bits per heavy atom. The predicted molar refractivity (Wildman–Crippen MR) is 101 cm³/mol. The van der Waals surface area contributed by atoms with Crippen molar-refractivity contribution in [1.82, 2.24) is 40.4 Å².